The minimum atomic E-state index is -0.243. The van der Waals surface area contributed by atoms with Crippen LogP contribution in [0.3, 0.4) is 0 Å². The first-order valence-corrected chi connectivity index (χ1v) is 5.54. The molecule has 0 aliphatic rings. The van der Waals surface area contributed by atoms with Gasteiger partial charge < -0.3 is 5.32 Å². The van der Waals surface area contributed by atoms with Crippen LogP contribution in [0.2, 0.25) is 0 Å². The maximum atomic E-state index is 11.5. The molecule has 5 heteroatoms. The molecule has 0 unspecified atom stereocenters. The molecule has 0 aromatic carbocycles. The first kappa shape index (κ1) is 12.5. The molecule has 1 aromatic rings. The lowest BCUT2D eigenvalue weighted by Gasteiger charge is -2.20. The summed E-state index contributed by atoms with van der Waals surface area (Å²) in [7, 11) is 0. The van der Waals surface area contributed by atoms with Crippen molar-refractivity contribution in [3.8, 4) is 0 Å². The van der Waals surface area contributed by atoms with Crippen LogP contribution in [0.1, 0.15) is 39.8 Å². The van der Waals surface area contributed by atoms with Gasteiger partial charge in [-0.25, -0.2) is 4.79 Å². The summed E-state index contributed by atoms with van der Waals surface area (Å²) in [5.74, 6) is 0.560. The third-order valence-electron chi connectivity index (χ3n) is 1.88. The van der Waals surface area contributed by atoms with Crippen LogP contribution in [-0.2, 0) is 6.42 Å². The highest BCUT2D eigenvalue weighted by atomic mass is 16.2. The summed E-state index contributed by atoms with van der Waals surface area (Å²) in [6, 6.07) is 1.62. The predicted molar refractivity (Wildman–Crippen MR) is 64.5 cm³/mol. The molecule has 16 heavy (non-hydrogen) atoms. The average Bonchev–Trinajstić information content (AvgIpc) is 2.49. The van der Waals surface area contributed by atoms with Crippen LogP contribution in [0, 0.1) is 0 Å². The van der Waals surface area contributed by atoms with E-state index in [0.29, 0.717) is 5.82 Å². The van der Waals surface area contributed by atoms with Crippen molar-refractivity contribution < 1.29 is 4.79 Å². The average molecular weight is 224 g/mol. The normalized spacial score (nSPS) is 11.2. The number of anilines is 1. The van der Waals surface area contributed by atoms with Gasteiger partial charge in [-0.15, -0.1) is 0 Å². The Kier molecular flexibility index (Phi) is 3.93. The fourth-order valence-electron chi connectivity index (χ4n) is 1.31. The number of hydrogen-bond acceptors (Lipinski definition) is 2. The Balaban J connectivity index is 2.50. The Hall–Kier alpha value is -1.52. The smallest absolute Gasteiger partial charge is 0.320 e. The van der Waals surface area contributed by atoms with Gasteiger partial charge in [-0.05, 0) is 27.2 Å². The van der Waals surface area contributed by atoms with Crippen LogP contribution < -0.4 is 10.6 Å². The van der Waals surface area contributed by atoms with Gasteiger partial charge in [-0.3, -0.25) is 10.4 Å². The highest BCUT2D eigenvalue weighted by Crippen LogP contribution is 2.07. The molecule has 0 atom stereocenters. The number of nitrogens with one attached hydrogen (secondary N) is 3. The molecule has 1 rings (SSSR count). The fourth-order valence-corrected chi connectivity index (χ4v) is 1.31. The molecule has 90 valence electrons. The van der Waals surface area contributed by atoms with E-state index < -0.39 is 0 Å². The third-order valence-corrected chi connectivity index (χ3v) is 1.88. The number of hydrogen-bond donors (Lipinski definition) is 3. The van der Waals surface area contributed by atoms with Crippen molar-refractivity contribution in [1.29, 1.82) is 0 Å². The van der Waals surface area contributed by atoms with E-state index >= 15 is 0 Å². The topological polar surface area (TPSA) is 69.8 Å². The second-order valence-electron chi connectivity index (χ2n) is 4.86. The van der Waals surface area contributed by atoms with Gasteiger partial charge in [0.15, 0.2) is 5.82 Å². The van der Waals surface area contributed by atoms with Gasteiger partial charge in [0, 0.05) is 17.3 Å². The number of rotatable bonds is 3. The van der Waals surface area contributed by atoms with E-state index in [2.05, 4.69) is 27.8 Å². The summed E-state index contributed by atoms with van der Waals surface area (Å²) in [6.07, 6.45) is 1.99. The zero-order chi connectivity index (χ0) is 12.2. The van der Waals surface area contributed by atoms with Gasteiger partial charge >= 0.3 is 6.03 Å². The number of carbonyl (C=O) groups is 1. The van der Waals surface area contributed by atoms with Gasteiger partial charge in [0.05, 0.1) is 0 Å². The van der Waals surface area contributed by atoms with Gasteiger partial charge in [-0.1, -0.05) is 13.3 Å². The first-order valence-electron chi connectivity index (χ1n) is 5.54. The van der Waals surface area contributed by atoms with E-state index in [0.717, 1.165) is 18.5 Å². The van der Waals surface area contributed by atoms with Crippen LogP contribution in [0.25, 0.3) is 0 Å². The van der Waals surface area contributed by atoms with Crippen molar-refractivity contribution in [3.05, 3.63) is 11.8 Å². The standard InChI is InChI=1S/C11H20N4O/c1-5-6-8-7-9(15-14-8)12-10(16)13-11(2,3)4/h7H,5-6H2,1-4H3,(H3,12,13,14,15,16). The SMILES string of the molecule is CCCc1cc(NC(=O)NC(C)(C)C)n[nH]1. The summed E-state index contributed by atoms with van der Waals surface area (Å²) >= 11 is 0. The van der Waals surface area contributed by atoms with E-state index in [9.17, 15) is 4.79 Å². The van der Waals surface area contributed by atoms with Crippen LogP contribution in [0.4, 0.5) is 10.6 Å². The van der Waals surface area contributed by atoms with Crippen molar-refractivity contribution in [1.82, 2.24) is 15.5 Å². The summed E-state index contributed by atoms with van der Waals surface area (Å²) < 4.78 is 0. The lowest BCUT2D eigenvalue weighted by Crippen LogP contribution is -2.43. The summed E-state index contributed by atoms with van der Waals surface area (Å²) in [4.78, 5) is 11.5. The molecular weight excluding hydrogens is 204 g/mol. The molecule has 0 saturated heterocycles. The largest absolute Gasteiger partial charge is 0.333 e. The Bertz CT molecular complexity index is 351. The number of urea groups is 1. The van der Waals surface area contributed by atoms with Crippen LogP contribution >= 0.6 is 0 Å². The number of aromatic amines is 1. The zero-order valence-corrected chi connectivity index (χ0v) is 10.3. The minimum Gasteiger partial charge on any atom is -0.333 e. The van der Waals surface area contributed by atoms with Gasteiger partial charge in [0.25, 0.3) is 0 Å². The van der Waals surface area contributed by atoms with Gasteiger partial charge in [-0.2, -0.15) is 5.10 Å². The molecule has 2 amide bonds. The molecular formula is C11H20N4O. The van der Waals surface area contributed by atoms with Gasteiger partial charge in [0.2, 0.25) is 0 Å². The molecule has 0 radical (unpaired) electrons. The van der Waals surface area contributed by atoms with Crippen molar-refractivity contribution in [2.75, 3.05) is 5.32 Å². The number of carbonyl (C=O) groups excluding carboxylic acids is 1. The molecule has 0 saturated carbocycles. The second-order valence-corrected chi connectivity index (χ2v) is 4.86. The lowest BCUT2D eigenvalue weighted by molar-refractivity contribution is 0.243. The van der Waals surface area contributed by atoms with Crippen molar-refractivity contribution in [3.63, 3.8) is 0 Å². The molecule has 5 nitrogen and oxygen atoms in total. The van der Waals surface area contributed by atoms with E-state index in [-0.39, 0.29) is 11.6 Å². The quantitative estimate of drug-likeness (QED) is 0.737. The van der Waals surface area contributed by atoms with E-state index in [4.69, 9.17) is 0 Å². The Morgan fingerprint density at radius 3 is 2.75 bits per heavy atom. The number of H-pyrrole nitrogens is 1. The summed E-state index contributed by atoms with van der Waals surface area (Å²) in [5.41, 5.74) is 0.792. The maximum absolute atomic E-state index is 11.5. The van der Waals surface area contributed by atoms with E-state index in [1.54, 1.807) is 0 Å². The molecule has 1 aromatic heterocycles. The van der Waals surface area contributed by atoms with Crippen molar-refractivity contribution >= 4 is 11.8 Å². The Morgan fingerprint density at radius 2 is 2.19 bits per heavy atom. The molecule has 0 fully saturated rings. The maximum Gasteiger partial charge on any atom is 0.320 e. The van der Waals surface area contributed by atoms with Crippen LogP contribution in [0.15, 0.2) is 6.07 Å². The van der Waals surface area contributed by atoms with Crippen molar-refractivity contribution in [2.24, 2.45) is 0 Å². The summed E-state index contributed by atoms with van der Waals surface area (Å²) in [5, 5.41) is 12.4. The number of aryl methyl sites for hydroxylation is 1. The number of nitrogens with zero attached hydrogens (tertiary/aromatic N) is 1. The Labute approximate surface area is 96.0 Å². The first-order chi connectivity index (χ1) is 7.40. The highest BCUT2D eigenvalue weighted by Gasteiger charge is 2.14. The summed E-state index contributed by atoms with van der Waals surface area (Å²) in [6.45, 7) is 7.89. The van der Waals surface area contributed by atoms with Gasteiger partial charge in [0.1, 0.15) is 0 Å². The van der Waals surface area contributed by atoms with Crippen LogP contribution in [-0.4, -0.2) is 21.8 Å². The molecule has 0 aliphatic heterocycles. The lowest BCUT2D eigenvalue weighted by atomic mass is 10.1. The van der Waals surface area contributed by atoms with Crippen LogP contribution in [0.5, 0.6) is 0 Å². The van der Waals surface area contributed by atoms with E-state index in [1.807, 2.05) is 26.8 Å². The highest BCUT2D eigenvalue weighted by molar-refractivity contribution is 5.88. The fraction of sp³-hybridized carbons (Fsp3) is 0.636. The number of aromatic nitrogens is 2. The monoisotopic (exact) mass is 224 g/mol. The van der Waals surface area contributed by atoms with E-state index in [1.165, 1.54) is 0 Å². The number of amides is 2. The van der Waals surface area contributed by atoms with Crippen molar-refractivity contribution in [2.45, 2.75) is 46.1 Å². The molecule has 1 heterocycles. The zero-order valence-electron chi connectivity index (χ0n) is 10.3. The molecule has 0 spiro atoms. The molecule has 3 N–H and O–H groups in total. The molecule has 0 bridgehead atoms. The predicted octanol–water partition coefficient (Wildman–Crippen LogP) is 2.28. The third kappa shape index (κ3) is 4.33. The Morgan fingerprint density at radius 1 is 1.50 bits per heavy atom. The molecule has 0 aliphatic carbocycles. The second kappa shape index (κ2) is 5.01. The minimum absolute atomic E-state index is 0.234.